The van der Waals surface area contributed by atoms with Gasteiger partial charge in [0.05, 0.1) is 12.8 Å². The van der Waals surface area contributed by atoms with Crippen molar-refractivity contribution < 1.29 is 14.3 Å². The lowest BCUT2D eigenvalue weighted by atomic mass is 9.88. The predicted octanol–water partition coefficient (Wildman–Crippen LogP) is 2.76. The van der Waals surface area contributed by atoms with E-state index in [9.17, 15) is 9.59 Å². The van der Waals surface area contributed by atoms with Crippen LogP contribution in [0.2, 0.25) is 0 Å². The van der Waals surface area contributed by atoms with Gasteiger partial charge in [0.1, 0.15) is 0 Å². The first kappa shape index (κ1) is 11.8. The Morgan fingerprint density at radius 3 is 2.41 bits per heavy atom. The lowest BCUT2D eigenvalue weighted by Crippen LogP contribution is -2.24. The van der Waals surface area contributed by atoms with Crippen LogP contribution in [0.15, 0.2) is 24.3 Å². The van der Waals surface area contributed by atoms with Crippen molar-refractivity contribution in [2.24, 2.45) is 0 Å². The standard InChI is InChI=1S/C14H16O3/c1-9(2)10-4-3-5-11(6-10)12-7-13(15)17-14(16)8-12/h3-6,9,12H,7-8H2,1-2H3. The first-order chi connectivity index (χ1) is 8.06. The Labute approximate surface area is 101 Å². The molecule has 0 saturated carbocycles. The smallest absolute Gasteiger partial charge is 0.314 e. The molecule has 0 radical (unpaired) electrons. The van der Waals surface area contributed by atoms with Gasteiger partial charge in [-0.3, -0.25) is 9.59 Å². The number of carbonyl (C=O) groups excluding carboxylic acids is 2. The maximum absolute atomic E-state index is 11.2. The van der Waals surface area contributed by atoms with Crippen molar-refractivity contribution in [1.29, 1.82) is 0 Å². The van der Waals surface area contributed by atoms with Crippen LogP contribution >= 0.6 is 0 Å². The Morgan fingerprint density at radius 1 is 1.18 bits per heavy atom. The van der Waals surface area contributed by atoms with Crippen LogP contribution in [-0.4, -0.2) is 11.9 Å². The number of hydrogen-bond donors (Lipinski definition) is 0. The third-order valence-electron chi connectivity index (χ3n) is 3.10. The molecular weight excluding hydrogens is 216 g/mol. The first-order valence-electron chi connectivity index (χ1n) is 5.89. The van der Waals surface area contributed by atoms with Crippen LogP contribution < -0.4 is 0 Å². The summed E-state index contributed by atoms with van der Waals surface area (Å²) in [6.45, 7) is 4.25. The summed E-state index contributed by atoms with van der Waals surface area (Å²) in [6.07, 6.45) is 0.598. The molecule has 0 bridgehead atoms. The van der Waals surface area contributed by atoms with Crippen molar-refractivity contribution in [2.45, 2.75) is 38.5 Å². The van der Waals surface area contributed by atoms with Crippen molar-refractivity contribution in [3.63, 3.8) is 0 Å². The summed E-state index contributed by atoms with van der Waals surface area (Å²) in [5.74, 6) is -0.411. The lowest BCUT2D eigenvalue weighted by molar-refractivity contribution is -0.163. The van der Waals surface area contributed by atoms with E-state index in [2.05, 4.69) is 30.7 Å². The highest BCUT2D eigenvalue weighted by molar-refractivity contribution is 5.89. The highest BCUT2D eigenvalue weighted by Gasteiger charge is 2.28. The molecule has 1 fully saturated rings. The number of benzene rings is 1. The fourth-order valence-electron chi connectivity index (χ4n) is 2.09. The summed E-state index contributed by atoms with van der Waals surface area (Å²) in [6, 6.07) is 8.11. The van der Waals surface area contributed by atoms with Crippen LogP contribution in [0.25, 0.3) is 0 Å². The Hall–Kier alpha value is -1.64. The van der Waals surface area contributed by atoms with Gasteiger partial charge in [0.2, 0.25) is 0 Å². The molecule has 0 aliphatic carbocycles. The Balaban J connectivity index is 2.24. The van der Waals surface area contributed by atoms with Gasteiger partial charge in [0, 0.05) is 5.92 Å². The Morgan fingerprint density at radius 2 is 1.82 bits per heavy atom. The highest BCUT2D eigenvalue weighted by Crippen LogP contribution is 2.29. The number of hydrogen-bond acceptors (Lipinski definition) is 3. The topological polar surface area (TPSA) is 43.4 Å². The van der Waals surface area contributed by atoms with Gasteiger partial charge in [-0.25, -0.2) is 0 Å². The summed E-state index contributed by atoms with van der Waals surface area (Å²) >= 11 is 0. The molecule has 0 aromatic heterocycles. The van der Waals surface area contributed by atoms with Crippen molar-refractivity contribution in [1.82, 2.24) is 0 Å². The van der Waals surface area contributed by atoms with Gasteiger partial charge in [-0.05, 0) is 17.0 Å². The SMILES string of the molecule is CC(C)c1cccc(C2CC(=O)OC(=O)C2)c1. The molecule has 1 aliphatic heterocycles. The third kappa shape index (κ3) is 2.73. The zero-order chi connectivity index (χ0) is 12.4. The molecule has 0 atom stereocenters. The molecule has 1 aromatic rings. The molecule has 3 nitrogen and oxygen atoms in total. The summed E-state index contributed by atoms with van der Waals surface area (Å²) < 4.78 is 4.54. The summed E-state index contributed by atoms with van der Waals surface area (Å²) in [4.78, 5) is 22.5. The maximum Gasteiger partial charge on any atom is 0.314 e. The summed E-state index contributed by atoms with van der Waals surface area (Å²) in [5.41, 5.74) is 2.29. The van der Waals surface area contributed by atoms with E-state index in [0.717, 1.165) is 5.56 Å². The second-order valence-electron chi connectivity index (χ2n) is 4.78. The Bertz CT molecular complexity index is 433. The molecule has 0 N–H and O–H groups in total. The quantitative estimate of drug-likeness (QED) is 0.581. The van der Waals surface area contributed by atoms with E-state index >= 15 is 0 Å². The van der Waals surface area contributed by atoms with E-state index in [4.69, 9.17) is 0 Å². The molecule has 1 heterocycles. The number of ether oxygens (including phenoxy) is 1. The highest BCUT2D eigenvalue weighted by atomic mass is 16.6. The number of carbonyl (C=O) groups is 2. The van der Waals surface area contributed by atoms with E-state index in [0.29, 0.717) is 18.8 Å². The van der Waals surface area contributed by atoms with E-state index in [1.807, 2.05) is 12.1 Å². The van der Waals surface area contributed by atoms with Gasteiger partial charge in [-0.1, -0.05) is 38.1 Å². The summed E-state index contributed by atoms with van der Waals surface area (Å²) in [5, 5.41) is 0. The van der Waals surface area contributed by atoms with Gasteiger partial charge >= 0.3 is 11.9 Å². The zero-order valence-corrected chi connectivity index (χ0v) is 10.1. The van der Waals surface area contributed by atoms with Crippen molar-refractivity contribution >= 4 is 11.9 Å². The molecule has 1 aromatic carbocycles. The number of rotatable bonds is 2. The van der Waals surface area contributed by atoms with Gasteiger partial charge in [0.25, 0.3) is 0 Å². The summed E-state index contributed by atoms with van der Waals surface area (Å²) in [7, 11) is 0. The molecule has 2 rings (SSSR count). The zero-order valence-electron chi connectivity index (χ0n) is 10.1. The number of cyclic esters (lactones) is 2. The molecular formula is C14H16O3. The normalized spacial score (nSPS) is 17.4. The van der Waals surface area contributed by atoms with Crippen LogP contribution in [0, 0.1) is 0 Å². The minimum Gasteiger partial charge on any atom is -0.393 e. The van der Waals surface area contributed by atoms with Gasteiger partial charge in [0.15, 0.2) is 0 Å². The van der Waals surface area contributed by atoms with E-state index in [1.165, 1.54) is 5.56 Å². The van der Waals surface area contributed by atoms with Gasteiger partial charge in [-0.2, -0.15) is 0 Å². The minimum absolute atomic E-state index is 0.0255. The van der Waals surface area contributed by atoms with Crippen molar-refractivity contribution in [3.05, 3.63) is 35.4 Å². The molecule has 1 saturated heterocycles. The first-order valence-corrected chi connectivity index (χ1v) is 5.89. The third-order valence-corrected chi connectivity index (χ3v) is 3.10. The molecule has 3 heteroatoms. The van der Waals surface area contributed by atoms with Crippen LogP contribution in [0.5, 0.6) is 0 Å². The number of esters is 2. The average molecular weight is 232 g/mol. The van der Waals surface area contributed by atoms with Crippen LogP contribution in [-0.2, 0) is 14.3 Å². The fraction of sp³-hybridized carbons (Fsp3) is 0.429. The maximum atomic E-state index is 11.2. The second kappa shape index (κ2) is 4.70. The van der Waals surface area contributed by atoms with Gasteiger partial charge < -0.3 is 4.74 Å². The molecule has 0 unspecified atom stereocenters. The molecule has 17 heavy (non-hydrogen) atoms. The van der Waals surface area contributed by atoms with Crippen molar-refractivity contribution in [2.75, 3.05) is 0 Å². The van der Waals surface area contributed by atoms with Crippen LogP contribution in [0.4, 0.5) is 0 Å². The molecule has 90 valence electrons. The molecule has 1 aliphatic rings. The molecule has 0 amide bonds. The molecule has 0 spiro atoms. The van der Waals surface area contributed by atoms with E-state index in [-0.39, 0.29) is 5.92 Å². The Kier molecular flexibility index (Phi) is 3.27. The van der Waals surface area contributed by atoms with Crippen LogP contribution in [0.3, 0.4) is 0 Å². The van der Waals surface area contributed by atoms with E-state index < -0.39 is 11.9 Å². The van der Waals surface area contributed by atoms with E-state index in [1.54, 1.807) is 0 Å². The van der Waals surface area contributed by atoms with Crippen LogP contribution in [0.1, 0.15) is 49.7 Å². The largest absolute Gasteiger partial charge is 0.393 e. The second-order valence-corrected chi connectivity index (χ2v) is 4.78. The monoisotopic (exact) mass is 232 g/mol. The fourth-order valence-corrected chi connectivity index (χ4v) is 2.09. The predicted molar refractivity (Wildman–Crippen MR) is 63.6 cm³/mol. The average Bonchev–Trinajstić information content (AvgIpc) is 2.28. The minimum atomic E-state index is -0.416. The van der Waals surface area contributed by atoms with Gasteiger partial charge in [-0.15, -0.1) is 0 Å². The van der Waals surface area contributed by atoms with Crippen molar-refractivity contribution in [3.8, 4) is 0 Å². The lowest BCUT2D eigenvalue weighted by Gasteiger charge is -2.21.